The summed E-state index contributed by atoms with van der Waals surface area (Å²) < 4.78 is 36.4. The van der Waals surface area contributed by atoms with E-state index in [9.17, 15) is 13.2 Å². The maximum atomic E-state index is 12.9. The Bertz CT molecular complexity index is 932. The molecule has 0 aliphatic carbocycles. The number of carbonyl (C=O) groups excluding carboxylic acids is 1. The van der Waals surface area contributed by atoms with Crippen LogP contribution in [0.15, 0.2) is 42.5 Å². The van der Waals surface area contributed by atoms with Crippen molar-refractivity contribution in [2.24, 2.45) is 0 Å². The molecular weight excluding hydrogens is 404 g/mol. The predicted octanol–water partition coefficient (Wildman–Crippen LogP) is 3.54. The molecule has 0 unspecified atom stereocenters. The number of nitrogens with zero attached hydrogens (tertiary/aromatic N) is 1. The molecule has 7 nitrogen and oxygen atoms in total. The second-order valence-electron chi connectivity index (χ2n) is 6.02. The number of anilines is 2. The normalized spacial score (nSPS) is 12.2. The Balaban J connectivity index is 2.35. The molecule has 0 radical (unpaired) electrons. The molecule has 0 bridgehead atoms. The smallest absolute Gasteiger partial charge is 0.248 e. The van der Waals surface area contributed by atoms with E-state index in [0.29, 0.717) is 27.9 Å². The number of hydrogen-bond donors (Lipinski definition) is 1. The third-order valence-corrected chi connectivity index (χ3v) is 5.49. The molecule has 1 atom stereocenters. The number of carbonyl (C=O) groups is 1. The van der Waals surface area contributed by atoms with Gasteiger partial charge in [-0.25, -0.2) is 8.42 Å². The topological polar surface area (TPSA) is 84.9 Å². The van der Waals surface area contributed by atoms with E-state index >= 15 is 0 Å². The third-order valence-electron chi connectivity index (χ3n) is 4.06. The van der Waals surface area contributed by atoms with Crippen molar-refractivity contribution in [2.75, 3.05) is 30.1 Å². The first-order chi connectivity index (χ1) is 13.2. The minimum absolute atomic E-state index is 0.273. The number of halogens is 1. The molecule has 152 valence electrons. The van der Waals surface area contributed by atoms with Crippen LogP contribution in [0, 0.1) is 0 Å². The summed E-state index contributed by atoms with van der Waals surface area (Å²) in [7, 11) is -0.715. The highest BCUT2D eigenvalue weighted by Gasteiger charge is 2.31. The Morgan fingerprint density at radius 1 is 1.11 bits per heavy atom. The van der Waals surface area contributed by atoms with E-state index in [4.69, 9.17) is 21.1 Å². The number of sulfonamides is 1. The quantitative estimate of drug-likeness (QED) is 0.697. The van der Waals surface area contributed by atoms with Gasteiger partial charge in [-0.15, -0.1) is 0 Å². The van der Waals surface area contributed by atoms with Crippen molar-refractivity contribution in [3.8, 4) is 11.5 Å². The zero-order valence-electron chi connectivity index (χ0n) is 16.1. The summed E-state index contributed by atoms with van der Waals surface area (Å²) in [5.74, 6) is 0.507. The number of ether oxygens (including phenoxy) is 2. The van der Waals surface area contributed by atoms with Crippen LogP contribution in [-0.2, 0) is 14.8 Å². The molecule has 0 heterocycles. The summed E-state index contributed by atoms with van der Waals surface area (Å²) in [5.41, 5.74) is 0.826. The Kier molecular flexibility index (Phi) is 7.15. The minimum Gasteiger partial charge on any atom is -0.493 e. The van der Waals surface area contributed by atoms with E-state index in [1.54, 1.807) is 49.4 Å². The van der Waals surface area contributed by atoms with Crippen molar-refractivity contribution >= 4 is 38.9 Å². The lowest BCUT2D eigenvalue weighted by Gasteiger charge is -2.30. The Morgan fingerprint density at radius 3 is 2.21 bits per heavy atom. The number of nitrogens with one attached hydrogen (secondary N) is 1. The molecule has 0 aliphatic heterocycles. The van der Waals surface area contributed by atoms with Gasteiger partial charge in [0.2, 0.25) is 15.9 Å². The molecule has 1 N–H and O–H groups in total. The van der Waals surface area contributed by atoms with Crippen LogP contribution < -0.4 is 19.1 Å². The summed E-state index contributed by atoms with van der Waals surface area (Å²) in [5, 5.41) is 3.22. The molecule has 28 heavy (non-hydrogen) atoms. The number of benzene rings is 2. The maximum Gasteiger partial charge on any atom is 0.248 e. The van der Waals surface area contributed by atoms with Gasteiger partial charge < -0.3 is 14.8 Å². The van der Waals surface area contributed by atoms with Crippen molar-refractivity contribution in [1.82, 2.24) is 0 Å². The summed E-state index contributed by atoms with van der Waals surface area (Å²) in [6, 6.07) is 10.3. The highest BCUT2D eigenvalue weighted by atomic mass is 35.5. The van der Waals surface area contributed by atoms with E-state index in [-0.39, 0.29) is 6.42 Å². The van der Waals surface area contributed by atoms with Gasteiger partial charge in [0.15, 0.2) is 11.5 Å². The van der Waals surface area contributed by atoms with E-state index in [0.717, 1.165) is 10.6 Å². The van der Waals surface area contributed by atoms with Crippen LogP contribution in [0.4, 0.5) is 11.4 Å². The van der Waals surface area contributed by atoms with Crippen LogP contribution in [0.3, 0.4) is 0 Å². The van der Waals surface area contributed by atoms with Crippen LogP contribution in [0.2, 0.25) is 5.02 Å². The molecule has 0 saturated carbocycles. The largest absolute Gasteiger partial charge is 0.493 e. The van der Waals surface area contributed by atoms with Gasteiger partial charge in [-0.2, -0.15) is 0 Å². The van der Waals surface area contributed by atoms with Crippen LogP contribution in [0.5, 0.6) is 11.5 Å². The third kappa shape index (κ3) is 5.08. The average molecular weight is 427 g/mol. The van der Waals surface area contributed by atoms with Crippen LogP contribution in [-0.4, -0.2) is 40.8 Å². The van der Waals surface area contributed by atoms with E-state index in [1.807, 2.05) is 0 Å². The lowest BCUT2D eigenvalue weighted by molar-refractivity contribution is -0.117. The monoisotopic (exact) mass is 426 g/mol. The van der Waals surface area contributed by atoms with Crippen molar-refractivity contribution in [1.29, 1.82) is 0 Å². The van der Waals surface area contributed by atoms with Gasteiger partial charge in [-0.1, -0.05) is 18.5 Å². The molecule has 2 rings (SSSR count). The Hall–Kier alpha value is -2.45. The molecule has 0 fully saturated rings. The van der Waals surface area contributed by atoms with Crippen LogP contribution >= 0.6 is 11.6 Å². The van der Waals surface area contributed by atoms with E-state index in [2.05, 4.69) is 5.32 Å². The van der Waals surface area contributed by atoms with Gasteiger partial charge in [0, 0.05) is 16.8 Å². The molecule has 0 aliphatic rings. The molecule has 2 aromatic rings. The lowest BCUT2D eigenvalue weighted by Crippen LogP contribution is -2.47. The summed E-state index contributed by atoms with van der Waals surface area (Å²) in [4.78, 5) is 12.9. The van der Waals surface area contributed by atoms with Crippen LogP contribution in [0.1, 0.15) is 13.3 Å². The molecule has 0 aromatic heterocycles. The lowest BCUT2D eigenvalue weighted by atomic mass is 10.1. The number of hydrogen-bond acceptors (Lipinski definition) is 5. The first-order valence-electron chi connectivity index (χ1n) is 8.49. The minimum atomic E-state index is -3.72. The van der Waals surface area contributed by atoms with Crippen LogP contribution in [0.25, 0.3) is 0 Å². The summed E-state index contributed by atoms with van der Waals surface area (Å²) >= 11 is 5.90. The second kappa shape index (κ2) is 9.16. The predicted molar refractivity (Wildman–Crippen MR) is 111 cm³/mol. The summed E-state index contributed by atoms with van der Waals surface area (Å²) in [6.07, 6.45) is 1.34. The first kappa shape index (κ1) is 21.8. The van der Waals surface area contributed by atoms with Crippen molar-refractivity contribution < 1.29 is 22.7 Å². The fourth-order valence-electron chi connectivity index (χ4n) is 2.79. The molecule has 2 aromatic carbocycles. The Morgan fingerprint density at radius 2 is 1.71 bits per heavy atom. The molecule has 0 saturated heterocycles. The molecule has 9 heteroatoms. The first-order valence-corrected chi connectivity index (χ1v) is 10.7. The maximum absolute atomic E-state index is 12.9. The van der Waals surface area contributed by atoms with E-state index < -0.39 is 22.0 Å². The zero-order valence-corrected chi connectivity index (χ0v) is 17.7. The van der Waals surface area contributed by atoms with E-state index in [1.165, 1.54) is 14.2 Å². The number of amides is 1. The van der Waals surface area contributed by atoms with Gasteiger partial charge in [0.05, 0.1) is 26.2 Å². The van der Waals surface area contributed by atoms with Crippen molar-refractivity contribution in [2.45, 2.75) is 19.4 Å². The van der Waals surface area contributed by atoms with Gasteiger partial charge in [0.25, 0.3) is 0 Å². The standard InChI is InChI=1S/C19H23ClN2O5S/c1-5-16(22(28(4,24)25)15-9-6-13(20)7-10-15)19(23)21-14-8-11-17(26-2)18(12-14)27-3/h6-12,16H,5H2,1-4H3,(H,21,23)/t16-/m0/s1. The number of methoxy groups -OCH3 is 2. The van der Waals surface area contributed by atoms with Gasteiger partial charge in [0.1, 0.15) is 6.04 Å². The zero-order chi connectivity index (χ0) is 20.9. The summed E-state index contributed by atoms with van der Waals surface area (Å²) in [6.45, 7) is 1.74. The second-order valence-corrected chi connectivity index (χ2v) is 8.31. The number of rotatable bonds is 8. The molecule has 1 amide bonds. The van der Waals surface area contributed by atoms with Gasteiger partial charge in [-0.3, -0.25) is 9.10 Å². The highest BCUT2D eigenvalue weighted by molar-refractivity contribution is 7.92. The Labute approximate surface area is 170 Å². The van der Waals surface area contributed by atoms with Crippen molar-refractivity contribution in [3.63, 3.8) is 0 Å². The fraction of sp³-hybridized carbons (Fsp3) is 0.316. The van der Waals surface area contributed by atoms with Gasteiger partial charge >= 0.3 is 0 Å². The molecule has 0 spiro atoms. The highest BCUT2D eigenvalue weighted by Crippen LogP contribution is 2.30. The van der Waals surface area contributed by atoms with Crippen molar-refractivity contribution in [3.05, 3.63) is 47.5 Å². The van der Waals surface area contributed by atoms with Gasteiger partial charge in [-0.05, 0) is 42.8 Å². The molecular formula is C19H23ClN2O5S. The fourth-order valence-corrected chi connectivity index (χ4v) is 4.13. The average Bonchev–Trinajstić information content (AvgIpc) is 2.65. The SMILES string of the molecule is CC[C@@H](C(=O)Nc1ccc(OC)c(OC)c1)N(c1ccc(Cl)cc1)S(C)(=O)=O.